The van der Waals surface area contributed by atoms with E-state index in [2.05, 4.69) is 15.9 Å². The molecule has 18 heavy (non-hydrogen) atoms. The van der Waals surface area contributed by atoms with Gasteiger partial charge in [-0.2, -0.15) is 0 Å². The summed E-state index contributed by atoms with van der Waals surface area (Å²) in [5, 5.41) is 0. The molecule has 1 saturated heterocycles. The van der Waals surface area contributed by atoms with Gasteiger partial charge in [0.05, 0.1) is 17.5 Å². The van der Waals surface area contributed by atoms with Crippen LogP contribution in [0.15, 0.2) is 0 Å². The number of ether oxygens (including phenoxy) is 3. The molecule has 1 heterocycles. The molecule has 4 unspecified atom stereocenters. The first-order valence-corrected chi connectivity index (χ1v) is 7.56. The van der Waals surface area contributed by atoms with Crippen molar-refractivity contribution in [3.05, 3.63) is 0 Å². The third-order valence-electron chi connectivity index (χ3n) is 6.86. The van der Waals surface area contributed by atoms with Crippen molar-refractivity contribution < 1.29 is 19.0 Å². The maximum absolute atomic E-state index is 11.3. The Kier molecular flexibility index (Phi) is 1.19. The van der Waals surface area contributed by atoms with E-state index in [0.717, 1.165) is 0 Å². The Bertz CT molecular complexity index is 505. The number of esters is 1. The first-order chi connectivity index (χ1) is 8.61. The lowest BCUT2D eigenvalue weighted by atomic mass is 9.17. The summed E-state index contributed by atoms with van der Waals surface area (Å²) in [5.74, 6) is 2.70. The number of halogens is 1. The van der Waals surface area contributed by atoms with Crippen LogP contribution >= 0.6 is 15.9 Å². The molecule has 7 rings (SSSR count). The van der Waals surface area contributed by atoms with Gasteiger partial charge >= 0.3 is 5.97 Å². The van der Waals surface area contributed by atoms with Gasteiger partial charge in [0.15, 0.2) is 5.79 Å². The molecule has 1 spiro atoms. The summed E-state index contributed by atoms with van der Waals surface area (Å²) in [4.78, 5) is 11.3. The Morgan fingerprint density at radius 1 is 1.11 bits per heavy atom. The van der Waals surface area contributed by atoms with E-state index in [4.69, 9.17) is 14.2 Å². The van der Waals surface area contributed by atoms with Gasteiger partial charge in [-0.05, 0) is 11.8 Å². The first-order valence-electron chi connectivity index (χ1n) is 6.77. The quantitative estimate of drug-likeness (QED) is 0.534. The molecule has 5 heteroatoms. The van der Waals surface area contributed by atoms with Gasteiger partial charge in [-0.15, -0.1) is 0 Å². The van der Waals surface area contributed by atoms with E-state index in [0.29, 0.717) is 48.7 Å². The number of carbonyl (C=O) groups is 1. The van der Waals surface area contributed by atoms with E-state index in [1.54, 1.807) is 0 Å². The second-order valence-electron chi connectivity index (χ2n) is 6.73. The van der Waals surface area contributed by atoms with Crippen LogP contribution < -0.4 is 0 Å². The molecule has 6 aliphatic carbocycles. The van der Waals surface area contributed by atoms with Crippen molar-refractivity contribution in [3.63, 3.8) is 0 Å². The standard InChI is InChI=1S/C13H13BrO4/c1-4(15)18-11-5-8-6(11)10-7(11)9(5)12(8,14)13(10)16-2-3-17-13/h5-10H,2-3H2,1H3/t5?,6-,7+,8-,9-,10?,11?,12?/m0/s1. The molecule has 4 nitrogen and oxygen atoms in total. The first kappa shape index (κ1) is 9.72. The Hall–Kier alpha value is -0.130. The Labute approximate surface area is 112 Å². The van der Waals surface area contributed by atoms with E-state index in [-0.39, 0.29) is 15.9 Å². The molecule has 7 fully saturated rings. The van der Waals surface area contributed by atoms with Crippen molar-refractivity contribution in [2.75, 3.05) is 13.2 Å². The zero-order valence-electron chi connectivity index (χ0n) is 9.89. The third-order valence-corrected chi connectivity index (χ3v) is 8.47. The minimum Gasteiger partial charge on any atom is -0.458 e. The van der Waals surface area contributed by atoms with Crippen molar-refractivity contribution in [1.29, 1.82) is 0 Å². The normalized spacial score (nSPS) is 69.9. The number of alkyl halides is 1. The van der Waals surface area contributed by atoms with E-state index in [1.807, 2.05) is 0 Å². The molecule has 0 radical (unpaired) electrons. The van der Waals surface area contributed by atoms with Crippen LogP contribution in [-0.4, -0.2) is 34.9 Å². The van der Waals surface area contributed by atoms with Gasteiger partial charge in [0.1, 0.15) is 5.60 Å². The van der Waals surface area contributed by atoms with Crippen molar-refractivity contribution in [1.82, 2.24) is 0 Å². The Morgan fingerprint density at radius 2 is 1.67 bits per heavy atom. The largest absolute Gasteiger partial charge is 0.458 e. The van der Waals surface area contributed by atoms with Crippen LogP contribution in [0, 0.1) is 35.5 Å². The molecule has 7 aliphatic rings. The highest BCUT2D eigenvalue weighted by Gasteiger charge is 3.10. The van der Waals surface area contributed by atoms with E-state index in [9.17, 15) is 4.79 Å². The summed E-state index contributed by atoms with van der Waals surface area (Å²) >= 11 is 3.97. The lowest BCUT2D eigenvalue weighted by Crippen LogP contribution is -2.96. The van der Waals surface area contributed by atoms with Crippen LogP contribution in [0.3, 0.4) is 0 Å². The second-order valence-corrected chi connectivity index (χ2v) is 8.05. The van der Waals surface area contributed by atoms with Crippen LogP contribution in [0.2, 0.25) is 0 Å². The topological polar surface area (TPSA) is 44.8 Å². The summed E-state index contributed by atoms with van der Waals surface area (Å²) in [6.45, 7) is 2.93. The molecule has 2 bridgehead atoms. The van der Waals surface area contributed by atoms with Gasteiger partial charge in [-0.3, -0.25) is 4.79 Å². The molecule has 1 aliphatic heterocycles. The summed E-state index contributed by atoms with van der Waals surface area (Å²) in [6, 6.07) is 0. The molecule has 6 saturated carbocycles. The molecule has 0 aromatic carbocycles. The lowest BCUT2D eigenvalue weighted by Gasteiger charge is -2.89. The Morgan fingerprint density at radius 3 is 2.22 bits per heavy atom. The number of hydrogen-bond donors (Lipinski definition) is 0. The second kappa shape index (κ2) is 2.21. The fourth-order valence-electron chi connectivity index (χ4n) is 6.97. The smallest absolute Gasteiger partial charge is 0.303 e. The minimum absolute atomic E-state index is 0.0308. The number of carbonyl (C=O) groups excluding carboxylic acids is 1. The van der Waals surface area contributed by atoms with Crippen molar-refractivity contribution >= 4 is 21.9 Å². The van der Waals surface area contributed by atoms with Gasteiger partial charge in [-0.1, -0.05) is 15.9 Å². The highest BCUT2D eigenvalue weighted by atomic mass is 79.9. The predicted octanol–water partition coefficient (Wildman–Crippen LogP) is 0.930. The van der Waals surface area contributed by atoms with Crippen molar-refractivity contribution in [2.24, 2.45) is 35.5 Å². The number of rotatable bonds is 1. The van der Waals surface area contributed by atoms with E-state index < -0.39 is 5.79 Å². The van der Waals surface area contributed by atoms with Crippen molar-refractivity contribution in [3.8, 4) is 0 Å². The molecule has 0 aromatic heterocycles. The summed E-state index contributed by atoms with van der Waals surface area (Å²) < 4.78 is 17.8. The summed E-state index contributed by atoms with van der Waals surface area (Å²) in [5.41, 5.74) is -0.109. The molecule has 0 N–H and O–H groups in total. The third kappa shape index (κ3) is 0.511. The summed E-state index contributed by atoms with van der Waals surface area (Å²) in [7, 11) is 0. The minimum atomic E-state index is -0.395. The zero-order chi connectivity index (χ0) is 12.1. The molecule has 0 aromatic rings. The highest BCUT2D eigenvalue weighted by Crippen LogP contribution is 3.02. The zero-order valence-corrected chi connectivity index (χ0v) is 11.5. The molecular formula is C13H13BrO4. The fourth-order valence-corrected chi connectivity index (χ4v) is 8.60. The van der Waals surface area contributed by atoms with Gasteiger partial charge in [0.25, 0.3) is 0 Å². The van der Waals surface area contributed by atoms with Crippen LogP contribution in [0.5, 0.6) is 0 Å². The van der Waals surface area contributed by atoms with Gasteiger partial charge < -0.3 is 14.2 Å². The average Bonchev–Trinajstić information content (AvgIpc) is 2.86. The van der Waals surface area contributed by atoms with Gasteiger partial charge in [-0.25, -0.2) is 0 Å². The SMILES string of the molecule is CC(=O)OC12C3[C@H]4[C@H]1C1[C@H]2[C@H]3C4(Br)C12OCCO2. The predicted molar refractivity (Wildman–Crippen MR) is 61.7 cm³/mol. The maximum Gasteiger partial charge on any atom is 0.303 e. The van der Waals surface area contributed by atoms with E-state index in [1.165, 1.54) is 6.92 Å². The molecule has 8 atom stereocenters. The Balaban J connectivity index is 1.49. The maximum atomic E-state index is 11.3. The monoisotopic (exact) mass is 312 g/mol. The van der Waals surface area contributed by atoms with Crippen molar-refractivity contribution in [2.45, 2.75) is 22.6 Å². The lowest BCUT2D eigenvalue weighted by molar-refractivity contribution is -0.459. The average molecular weight is 313 g/mol. The van der Waals surface area contributed by atoms with Gasteiger partial charge in [0.2, 0.25) is 0 Å². The fraction of sp³-hybridized carbons (Fsp3) is 0.923. The molecule has 0 amide bonds. The van der Waals surface area contributed by atoms with Crippen LogP contribution in [0.1, 0.15) is 6.92 Å². The van der Waals surface area contributed by atoms with Gasteiger partial charge in [0, 0.05) is 30.6 Å². The van der Waals surface area contributed by atoms with Crippen LogP contribution in [0.4, 0.5) is 0 Å². The van der Waals surface area contributed by atoms with E-state index >= 15 is 0 Å². The summed E-state index contributed by atoms with van der Waals surface area (Å²) in [6.07, 6.45) is 0. The highest BCUT2D eigenvalue weighted by molar-refractivity contribution is 9.10. The van der Waals surface area contributed by atoms with Crippen LogP contribution in [-0.2, 0) is 19.0 Å². The molecular weight excluding hydrogens is 300 g/mol. The van der Waals surface area contributed by atoms with Crippen LogP contribution in [0.25, 0.3) is 0 Å². The molecule has 96 valence electrons. The number of hydrogen-bond acceptors (Lipinski definition) is 4.